The number of carboxylic acid groups (broad SMARTS) is 1. The molecule has 0 spiro atoms. The van der Waals surface area contributed by atoms with Crippen molar-refractivity contribution in [2.45, 2.75) is 13.5 Å². The molecule has 2 aromatic rings. The van der Waals surface area contributed by atoms with Gasteiger partial charge in [-0.3, -0.25) is 0 Å². The highest BCUT2D eigenvalue weighted by Crippen LogP contribution is 2.22. The first-order valence-electron chi connectivity index (χ1n) is 5.37. The van der Waals surface area contributed by atoms with Gasteiger partial charge in [0, 0.05) is 17.3 Å². The number of aromatic carboxylic acids is 1. The molecule has 1 aromatic carbocycles. The summed E-state index contributed by atoms with van der Waals surface area (Å²) >= 11 is 7.26. The van der Waals surface area contributed by atoms with Gasteiger partial charge in [-0.25, -0.2) is 4.79 Å². The Morgan fingerprint density at radius 3 is 2.89 bits per heavy atom. The fourth-order valence-electron chi connectivity index (χ4n) is 1.56. The maximum atomic E-state index is 11.0. The van der Waals surface area contributed by atoms with Crippen LogP contribution in [-0.2, 0) is 6.54 Å². The van der Waals surface area contributed by atoms with E-state index in [9.17, 15) is 4.79 Å². The number of rotatable bonds is 4. The lowest BCUT2D eigenvalue weighted by Crippen LogP contribution is -2.04. The van der Waals surface area contributed by atoms with Crippen LogP contribution in [0.25, 0.3) is 0 Å². The monoisotopic (exact) mass is 281 g/mol. The van der Waals surface area contributed by atoms with Gasteiger partial charge in [0.2, 0.25) is 0 Å². The Morgan fingerprint density at radius 2 is 2.22 bits per heavy atom. The van der Waals surface area contributed by atoms with E-state index in [1.807, 2.05) is 31.2 Å². The smallest absolute Gasteiger partial charge is 0.346 e. The zero-order valence-electron chi connectivity index (χ0n) is 9.74. The van der Waals surface area contributed by atoms with E-state index in [1.54, 1.807) is 5.38 Å². The van der Waals surface area contributed by atoms with E-state index in [0.29, 0.717) is 16.4 Å². The van der Waals surface area contributed by atoms with Gasteiger partial charge in [0.1, 0.15) is 4.88 Å². The van der Waals surface area contributed by atoms with Crippen molar-refractivity contribution >= 4 is 34.6 Å². The lowest BCUT2D eigenvalue weighted by Gasteiger charge is -2.07. The predicted molar refractivity (Wildman–Crippen MR) is 74.8 cm³/mol. The second-order valence-corrected chi connectivity index (χ2v) is 5.22. The summed E-state index contributed by atoms with van der Waals surface area (Å²) in [4.78, 5) is 11.3. The first-order chi connectivity index (χ1) is 8.58. The van der Waals surface area contributed by atoms with Crippen molar-refractivity contribution in [1.82, 2.24) is 0 Å². The number of aryl methyl sites for hydroxylation is 1. The van der Waals surface area contributed by atoms with Crippen molar-refractivity contribution in [1.29, 1.82) is 0 Å². The molecule has 94 valence electrons. The molecule has 0 radical (unpaired) electrons. The molecule has 0 aliphatic heterocycles. The van der Waals surface area contributed by atoms with Gasteiger partial charge < -0.3 is 10.4 Å². The Bertz CT molecular complexity index is 580. The van der Waals surface area contributed by atoms with Crippen LogP contribution >= 0.6 is 22.9 Å². The minimum Gasteiger partial charge on any atom is -0.477 e. The van der Waals surface area contributed by atoms with Gasteiger partial charge in [0.15, 0.2) is 0 Å². The molecular formula is C13H12ClNO2S. The van der Waals surface area contributed by atoms with Crippen LogP contribution in [-0.4, -0.2) is 11.1 Å². The molecule has 0 unspecified atom stereocenters. The van der Waals surface area contributed by atoms with Gasteiger partial charge in [-0.15, -0.1) is 11.3 Å². The molecule has 0 amide bonds. The Morgan fingerprint density at radius 1 is 1.44 bits per heavy atom. The number of hydrogen-bond donors (Lipinski definition) is 2. The van der Waals surface area contributed by atoms with Crippen LogP contribution in [0, 0.1) is 6.92 Å². The second-order valence-electron chi connectivity index (χ2n) is 3.90. The number of carboxylic acids is 1. The van der Waals surface area contributed by atoms with Gasteiger partial charge in [-0.05, 0) is 41.6 Å². The summed E-state index contributed by atoms with van der Waals surface area (Å²) in [5.74, 6) is -0.885. The first kappa shape index (κ1) is 12.9. The Kier molecular flexibility index (Phi) is 3.89. The van der Waals surface area contributed by atoms with Crippen molar-refractivity contribution in [3.05, 3.63) is 50.7 Å². The summed E-state index contributed by atoms with van der Waals surface area (Å²) in [5, 5.41) is 14.6. The van der Waals surface area contributed by atoms with E-state index in [4.69, 9.17) is 16.7 Å². The molecule has 0 aliphatic rings. The van der Waals surface area contributed by atoms with Crippen molar-refractivity contribution in [3.8, 4) is 0 Å². The standard InChI is InChI=1S/C13H12ClNO2S/c1-8-2-3-10(6-11(8)14)15-7-9-4-5-18-12(9)13(16)17/h2-6,15H,7H2,1H3,(H,16,17). The van der Waals surface area contributed by atoms with Crippen molar-refractivity contribution < 1.29 is 9.90 Å². The fraction of sp³-hybridized carbons (Fsp3) is 0.154. The molecule has 0 bridgehead atoms. The highest BCUT2D eigenvalue weighted by molar-refractivity contribution is 7.12. The number of thiophene rings is 1. The van der Waals surface area contributed by atoms with Crippen molar-refractivity contribution in [2.75, 3.05) is 5.32 Å². The molecule has 5 heteroatoms. The molecule has 1 heterocycles. The van der Waals surface area contributed by atoms with Crippen molar-refractivity contribution in [3.63, 3.8) is 0 Å². The lowest BCUT2D eigenvalue weighted by atomic mass is 10.2. The van der Waals surface area contributed by atoms with E-state index in [1.165, 1.54) is 11.3 Å². The largest absolute Gasteiger partial charge is 0.477 e. The zero-order chi connectivity index (χ0) is 13.1. The molecule has 0 atom stereocenters. The SMILES string of the molecule is Cc1ccc(NCc2ccsc2C(=O)O)cc1Cl. The number of hydrogen-bond acceptors (Lipinski definition) is 3. The maximum absolute atomic E-state index is 11.0. The lowest BCUT2D eigenvalue weighted by molar-refractivity contribution is 0.0701. The molecule has 3 nitrogen and oxygen atoms in total. The molecule has 0 fully saturated rings. The second kappa shape index (κ2) is 5.42. The van der Waals surface area contributed by atoms with Gasteiger partial charge in [-0.2, -0.15) is 0 Å². The number of halogens is 1. The van der Waals surface area contributed by atoms with E-state index in [2.05, 4.69) is 5.32 Å². The van der Waals surface area contributed by atoms with E-state index >= 15 is 0 Å². The third kappa shape index (κ3) is 2.83. The highest BCUT2D eigenvalue weighted by atomic mass is 35.5. The number of nitrogens with one attached hydrogen (secondary N) is 1. The maximum Gasteiger partial charge on any atom is 0.346 e. The average molecular weight is 282 g/mol. The topological polar surface area (TPSA) is 49.3 Å². The zero-order valence-corrected chi connectivity index (χ0v) is 11.3. The summed E-state index contributed by atoms with van der Waals surface area (Å²) < 4.78 is 0. The Labute approximate surface area is 114 Å². The molecule has 1 aromatic heterocycles. The summed E-state index contributed by atoms with van der Waals surface area (Å²) in [6.45, 7) is 2.41. The van der Waals surface area contributed by atoms with Crippen LogP contribution in [0.4, 0.5) is 5.69 Å². The molecule has 2 N–H and O–H groups in total. The normalized spacial score (nSPS) is 10.3. The van der Waals surface area contributed by atoms with Crippen LogP contribution in [0.3, 0.4) is 0 Å². The molecule has 0 saturated heterocycles. The average Bonchev–Trinajstić information content (AvgIpc) is 2.79. The van der Waals surface area contributed by atoms with Crippen LogP contribution in [0.5, 0.6) is 0 Å². The molecular weight excluding hydrogens is 270 g/mol. The minimum atomic E-state index is -0.885. The molecule has 0 saturated carbocycles. The summed E-state index contributed by atoms with van der Waals surface area (Å²) in [6, 6.07) is 7.50. The van der Waals surface area contributed by atoms with E-state index < -0.39 is 5.97 Å². The molecule has 18 heavy (non-hydrogen) atoms. The number of benzene rings is 1. The summed E-state index contributed by atoms with van der Waals surface area (Å²) in [7, 11) is 0. The van der Waals surface area contributed by atoms with E-state index in [0.717, 1.165) is 16.8 Å². The van der Waals surface area contributed by atoms with Crippen LogP contribution in [0.1, 0.15) is 20.8 Å². The fourth-order valence-corrected chi connectivity index (χ4v) is 2.50. The van der Waals surface area contributed by atoms with Crippen LogP contribution < -0.4 is 5.32 Å². The quantitative estimate of drug-likeness (QED) is 0.890. The Balaban J connectivity index is 2.09. The van der Waals surface area contributed by atoms with Crippen LogP contribution in [0.15, 0.2) is 29.6 Å². The number of carbonyl (C=O) groups is 1. The van der Waals surface area contributed by atoms with Crippen molar-refractivity contribution in [2.24, 2.45) is 0 Å². The molecule has 0 aliphatic carbocycles. The van der Waals surface area contributed by atoms with Gasteiger partial charge in [0.05, 0.1) is 0 Å². The van der Waals surface area contributed by atoms with E-state index in [-0.39, 0.29) is 0 Å². The summed E-state index contributed by atoms with van der Waals surface area (Å²) in [5.41, 5.74) is 2.68. The van der Waals surface area contributed by atoms with Gasteiger partial charge in [-0.1, -0.05) is 17.7 Å². The Hall–Kier alpha value is -1.52. The third-order valence-corrected chi connectivity index (χ3v) is 3.95. The summed E-state index contributed by atoms with van der Waals surface area (Å²) in [6.07, 6.45) is 0. The van der Waals surface area contributed by atoms with Gasteiger partial charge >= 0.3 is 5.97 Å². The predicted octanol–water partition coefficient (Wildman–Crippen LogP) is 4.02. The van der Waals surface area contributed by atoms with Gasteiger partial charge in [0.25, 0.3) is 0 Å². The minimum absolute atomic E-state index is 0.376. The first-order valence-corrected chi connectivity index (χ1v) is 6.63. The molecule has 2 rings (SSSR count). The third-order valence-electron chi connectivity index (χ3n) is 2.60. The van der Waals surface area contributed by atoms with Crippen LogP contribution in [0.2, 0.25) is 5.02 Å². The highest BCUT2D eigenvalue weighted by Gasteiger charge is 2.11. The number of anilines is 1.